The SMILES string of the molecule is CC[C@H]1CN(OC(=O)C(C)(C)C)CCN1c1cc(Oc2ccc(NC(=O)Cc3ccc(F)cc3F)cc2)ncn1. The van der Waals surface area contributed by atoms with E-state index in [1.807, 2.05) is 20.8 Å². The van der Waals surface area contributed by atoms with Gasteiger partial charge in [-0.05, 0) is 63.1 Å². The minimum atomic E-state index is -0.765. The van der Waals surface area contributed by atoms with Crippen molar-refractivity contribution in [3.05, 3.63) is 72.1 Å². The number of benzene rings is 2. The Morgan fingerprint density at radius 1 is 1.05 bits per heavy atom. The molecule has 0 radical (unpaired) electrons. The Kier molecular flexibility index (Phi) is 8.93. The van der Waals surface area contributed by atoms with Crippen LogP contribution in [0.4, 0.5) is 20.3 Å². The van der Waals surface area contributed by atoms with Crippen LogP contribution in [0.2, 0.25) is 0 Å². The monoisotopic (exact) mass is 553 g/mol. The number of ether oxygens (including phenoxy) is 1. The van der Waals surface area contributed by atoms with Gasteiger partial charge in [0.25, 0.3) is 0 Å². The van der Waals surface area contributed by atoms with Gasteiger partial charge in [0.15, 0.2) is 0 Å². The lowest BCUT2D eigenvalue weighted by Gasteiger charge is -2.41. The number of hydrogen-bond acceptors (Lipinski definition) is 8. The normalized spacial score (nSPS) is 15.9. The van der Waals surface area contributed by atoms with E-state index in [9.17, 15) is 18.4 Å². The number of hydrogen-bond donors (Lipinski definition) is 1. The highest BCUT2D eigenvalue weighted by Gasteiger charge is 2.32. The zero-order chi connectivity index (χ0) is 28.9. The van der Waals surface area contributed by atoms with Crippen LogP contribution in [0.1, 0.15) is 39.7 Å². The zero-order valence-electron chi connectivity index (χ0n) is 23.0. The van der Waals surface area contributed by atoms with E-state index < -0.39 is 23.0 Å². The van der Waals surface area contributed by atoms with Crippen molar-refractivity contribution in [3.8, 4) is 11.6 Å². The smallest absolute Gasteiger partial charge is 0.330 e. The van der Waals surface area contributed by atoms with Crippen molar-refractivity contribution in [2.24, 2.45) is 5.41 Å². The largest absolute Gasteiger partial charge is 0.439 e. The summed E-state index contributed by atoms with van der Waals surface area (Å²) < 4.78 is 32.8. The second-order valence-electron chi connectivity index (χ2n) is 10.6. The van der Waals surface area contributed by atoms with Gasteiger partial charge in [-0.1, -0.05) is 13.0 Å². The van der Waals surface area contributed by atoms with E-state index in [4.69, 9.17) is 9.57 Å². The second kappa shape index (κ2) is 12.4. The van der Waals surface area contributed by atoms with Gasteiger partial charge in [0.05, 0.1) is 24.9 Å². The van der Waals surface area contributed by atoms with Crippen LogP contribution in [0.3, 0.4) is 0 Å². The Labute approximate surface area is 232 Å². The molecule has 1 N–H and O–H groups in total. The number of carbonyl (C=O) groups excluding carboxylic acids is 2. The first-order valence-electron chi connectivity index (χ1n) is 13.1. The average molecular weight is 554 g/mol. The third-order valence-electron chi connectivity index (χ3n) is 6.39. The Bertz CT molecular complexity index is 1350. The molecule has 1 fully saturated rings. The number of halogens is 2. The Morgan fingerprint density at radius 2 is 1.80 bits per heavy atom. The van der Waals surface area contributed by atoms with Crippen LogP contribution in [-0.4, -0.2) is 52.6 Å². The summed E-state index contributed by atoms with van der Waals surface area (Å²) >= 11 is 0. The number of piperazine rings is 1. The van der Waals surface area contributed by atoms with Crippen molar-refractivity contribution < 1.29 is 27.9 Å². The summed E-state index contributed by atoms with van der Waals surface area (Å²) in [6, 6.07) is 11.6. The summed E-state index contributed by atoms with van der Waals surface area (Å²) in [6.45, 7) is 9.26. The van der Waals surface area contributed by atoms with E-state index >= 15 is 0 Å². The number of nitrogens with zero attached hydrogens (tertiary/aromatic N) is 4. The molecule has 212 valence electrons. The third kappa shape index (κ3) is 7.50. The summed E-state index contributed by atoms with van der Waals surface area (Å²) in [5, 5.41) is 4.40. The first-order chi connectivity index (χ1) is 19.0. The Morgan fingerprint density at radius 3 is 2.48 bits per heavy atom. The van der Waals surface area contributed by atoms with E-state index in [2.05, 4.69) is 27.1 Å². The molecule has 0 aliphatic carbocycles. The first-order valence-corrected chi connectivity index (χ1v) is 13.1. The first kappa shape index (κ1) is 28.9. The lowest BCUT2D eigenvalue weighted by atomic mass is 9.98. The number of aromatic nitrogens is 2. The molecule has 3 aromatic rings. The fourth-order valence-electron chi connectivity index (χ4n) is 4.13. The molecular formula is C29H33F2N5O4. The van der Waals surface area contributed by atoms with Crippen LogP contribution < -0.4 is 15.0 Å². The molecule has 0 spiro atoms. The Hall–Kier alpha value is -4.12. The summed E-state index contributed by atoms with van der Waals surface area (Å²) in [5.74, 6) is -0.600. The molecule has 1 aromatic heterocycles. The lowest BCUT2D eigenvalue weighted by Crippen LogP contribution is -2.54. The molecule has 4 rings (SSSR count). The number of nitrogens with one attached hydrogen (secondary N) is 1. The van der Waals surface area contributed by atoms with Crippen LogP contribution in [0.15, 0.2) is 54.9 Å². The minimum absolute atomic E-state index is 0.0792. The maximum Gasteiger partial charge on any atom is 0.330 e. The van der Waals surface area contributed by atoms with E-state index in [1.54, 1.807) is 35.4 Å². The summed E-state index contributed by atoms with van der Waals surface area (Å²) in [7, 11) is 0. The van der Waals surface area contributed by atoms with Crippen LogP contribution in [0, 0.1) is 17.0 Å². The molecule has 11 heteroatoms. The summed E-state index contributed by atoms with van der Waals surface area (Å²) in [5.41, 5.74) is 0.0282. The third-order valence-corrected chi connectivity index (χ3v) is 6.39. The fraction of sp³-hybridized carbons (Fsp3) is 0.379. The zero-order valence-corrected chi connectivity index (χ0v) is 23.0. The molecule has 1 saturated heterocycles. The molecule has 40 heavy (non-hydrogen) atoms. The fourth-order valence-corrected chi connectivity index (χ4v) is 4.13. The van der Waals surface area contributed by atoms with Crippen LogP contribution in [0.25, 0.3) is 0 Å². The quantitative estimate of drug-likeness (QED) is 0.410. The van der Waals surface area contributed by atoms with Crippen molar-refractivity contribution in [2.45, 2.75) is 46.6 Å². The number of anilines is 2. The van der Waals surface area contributed by atoms with Crippen molar-refractivity contribution in [1.82, 2.24) is 15.0 Å². The highest BCUT2D eigenvalue weighted by atomic mass is 19.1. The van der Waals surface area contributed by atoms with Crippen LogP contribution in [-0.2, 0) is 20.8 Å². The van der Waals surface area contributed by atoms with Crippen molar-refractivity contribution in [2.75, 3.05) is 29.9 Å². The van der Waals surface area contributed by atoms with Gasteiger partial charge in [-0.3, -0.25) is 4.79 Å². The Balaban J connectivity index is 1.35. The van der Waals surface area contributed by atoms with Gasteiger partial charge in [0.1, 0.15) is 29.5 Å². The molecule has 0 unspecified atom stereocenters. The predicted molar refractivity (Wildman–Crippen MR) is 146 cm³/mol. The number of hydroxylamine groups is 2. The van der Waals surface area contributed by atoms with Gasteiger partial charge < -0.3 is 19.8 Å². The van der Waals surface area contributed by atoms with E-state index in [0.717, 1.165) is 18.6 Å². The summed E-state index contributed by atoms with van der Waals surface area (Å²) in [6.07, 6.45) is 2.04. The standard InChI is InChI=1S/C29H33F2N5O4/c1-5-22-17-35(40-28(38)29(2,3)4)12-13-36(22)25-16-27(33-18-32-25)39-23-10-8-21(9-11-23)34-26(37)14-19-6-7-20(30)15-24(19)31/h6-11,15-16,18,22H,5,12-14,17H2,1-4H3,(H,34,37)/t22-/m0/s1. The minimum Gasteiger partial charge on any atom is -0.439 e. The molecule has 2 aromatic carbocycles. The molecule has 9 nitrogen and oxygen atoms in total. The van der Waals surface area contributed by atoms with Gasteiger partial charge in [-0.15, -0.1) is 5.06 Å². The number of carbonyl (C=O) groups is 2. The van der Waals surface area contributed by atoms with Gasteiger partial charge in [0.2, 0.25) is 11.8 Å². The van der Waals surface area contributed by atoms with Gasteiger partial charge in [-0.25, -0.2) is 23.5 Å². The molecule has 1 atom stereocenters. The molecule has 0 saturated carbocycles. The molecule has 2 heterocycles. The highest BCUT2D eigenvalue weighted by Crippen LogP contribution is 2.27. The molecule has 1 aliphatic heterocycles. The molecule has 1 amide bonds. The number of amides is 1. The predicted octanol–water partition coefficient (Wildman–Crippen LogP) is 5.13. The van der Waals surface area contributed by atoms with E-state index in [0.29, 0.717) is 42.8 Å². The van der Waals surface area contributed by atoms with Gasteiger partial charge >= 0.3 is 5.97 Å². The van der Waals surface area contributed by atoms with Crippen molar-refractivity contribution >= 4 is 23.4 Å². The number of rotatable bonds is 8. The topological polar surface area (TPSA) is 96.9 Å². The van der Waals surface area contributed by atoms with E-state index in [1.165, 1.54) is 12.4 Å². The molecule has 1 aliphatic rings. The van der Waals surface area contributed by atoms with Gasteiger partial charge in [0, 0.05) is 30.4 Å². The maximum atomic E-state index is 13.8. The highest BCUT2D eigenvalue weighted by molar-refractivity contribution is 5.92. The van der Waals surface area contributed by atoms with Gasteiger partial charge in [-0.2, -0.15) is 0 Å². The average Bonchev–Trinajstić information content (AvgIpc) is 2.91. The van der Waals surface area contributed by atoms with Crippen LogP contribution >= 0.6 is 0 Å². The summed E-state index contributed by atoms with van der Waals surface area (Å²) in [4.78, 5) is 41.0. The lowest BCUT2D eigenvalue weighted by molar-refractivity contribution is -0.203. The molecular weight excluding hydrogens is 520 g/mol. The maximum absolute atomic E-state index is 13.8. The van der Waals surface area contributed by atoms with Crippen molar-refractivity contribution in [1.29, 1.82) is 0 Å². The molecule has 0 bridgehead atoms. The van der Waals surface area contributed by atoms with E-state index in [-0.39, 0.29) is 24.0 Å². The second-order valence-corrected chi connectivity index (χ2v) is 10.6. The van der Waals surface area contributed by atoms with Crippen LogP contribution in [0.5, 0.6) is 11.6 Å². The van der Waals surface area contributed by atoms with Crippen molar-refractivity contribution in [3.63, 3.8) is 0 Å².